The summed E-state index contributed by atoms with van der Waals surface area (Å²) in [5.74, 6) is 1.29. The zero-order chi connectivity index (χ0) is 22.2. The number of rotatable bonds is 6. The number of nitrogens with zero attached hydrogens (tertiary/aromatic N) is 3. The highest BCUT2D eigenvalue weighted by Gasteiger charge is 2.26. The number of benzene rings is 2. The Balaban J connectivity index is 1.96. The molecule has 0 amide bonds. The van der Waals surface area contributed by atoms with Crippen LogP contribution < -0.4 is 14.2 Å². The van der Waals surface area contributed by atoms with Crippen LogP contribution in [0.5, 0.6) is 11.5 Å². The van der Waals surface area contributed by atoms with Crippen LogP contribution in [0.15, 0.2) is 59.5 Å². The fraction of sp³-hybridized carbons (Fsp3) is 0.182. The molecule has 0 saturated heterocycles. The van der Waals surface area contributed by atoms with E-state index in [1.165, 1.54) is 23.9 Å². The molecule has 2 aromatic heterocycles. The van der Waals surface area contributed by atoms with E-state index >= 15 is 0 Å². The van der Waals surface area contributed by atoms with Crippen molar-refractivity contribution >= 4 is 26.7 Å². The van der Waals surface area contributed by atoms with Gasteiger partial charge in [-0.05, 0) is 32.0 Å². The van der Waals surface area contributed by atoms with E-state index in [1.807, 2.05) is 31.2 Å². The van der Waals surface area contributed by atoms with Crippen LogP contribution in [-0.4, -0.2) is 37.4 Å². The smallest absolute Gasteiger partial charge is 0.263 e. The van der Waals surface area contributed by atoms with Gasteiger partial charge in [-0.15, -0.1) is 0 Å². The molecule has 4 aromatic rings. The topological polar surface area (TPSA) is 95.3 Å². The summed E-state index contributed by atoms with van der Waals surface area (Å²) in [6.45, 7) is 3.66. The van der Waals surface area contributed by atoms with Crippen LogP contribution in [0, 0.1) is 13.8 Å². The van der Waals surface area contributed by atoms with Crippen molar-refractivity contribution in [3.63, 3.8) is 0 Å². The van der Waals surface area contributed by atoms with Crippen molar-refractivity contribution < 1.29 is 17.9 Å². The maximum absolute atomic E-state index is 13.0. The minimum Gasteiger partial charge on any atom is -0.492 e. The Hall–Kier alpha value is -3.59. The minimum absolute atomic E-state index is 0.122. The number of hydrogen-bond acceptors (Lipinski definition) is 6. The number of pyridine rings is 1. The van der Waals surface area contributed by atoms with Gasteiger partial charge in [0.05, 0.1) is 24.6 Å². The minimum atomic E-state index is -3.89. The quantitative estimate of drug-likeness (QED) is 0.491. The third-order valence-electron chi connectivity index (χ3n) is 4.98. The van der Waals surface area contributed by atoms with E-state index in [4.69, 9.17) is 14.5 Å². The first-order chi connectivity index (χ1) is 14.9. The molecule has 9 heteroatoms. The number of aryl methyl sites for hydroxylation is 2. The molecule has 0 aliphatic rings. The monoisotopic (exact) mass is 438 g/mol. The van der Waals surface area contributed by atoms with Gasteiger partial charge < -0.3 is 9.47 Å². The molecule has 0 atom stereocenters. The molecule has 0 fully saturated rings. The second-order valence-corrected chi connectivity index (χ2v) is 8.59. The molecule has 0 unspecified atom stereocenters. The number of methoxy groups -OCH3 is 2. The third-order valence-corrected chi connectivity index (χ3v) is 6.33. The van der Waals surface area contributed by atoms with Crippen molar-refractivity contribution in [1.29, 1.82) is 0 Å². The predicted molar refractivity (Wildman–Crippen MR) is 119 cm³/mol. The SMILES string of the molecule is COc1c(-n2nc(C)c(OC)c2NS(=O)(=O)c2ccccc2)nc2ccccc2c1C. The van der Waals surface area contributed by atoms with Gasteiger partial charge in [0.25, 0.3) is 10.0 Å². The maximum Gasteiger partial charge on any atom is 0.263 e. The standard InChI is InChI=1S/C22H22N4O4S/c1-14-17-12-8-9-13-18(17)23-21(19(14)29-3)26-22(20(30-4)15(2)24-26)25-31(27,28)16-10-6-5-7-11-16/h5-13,25H,1-4H3. The number of hydrogen-bond donors (Lipinski definition) is 1. The zero-order valence-corrected chi connectivity index (χ0v) is 18.4. The van der Waals surface area contributed by atoms with Gasteiger partial charge in [-0.1, -0.05) is 36.4 Å². The molecule has 31 heavy (non-hydrogen) atoms. The van der Waals surface area contributed by atoms with E-state index in [9.17, 15) is 8.42 Å². The molecule has 0 aliphatic heterocycles. The first-order valence-electron chi connectivity index (χ1n) is 9.52. The van der Waals surface area contributed by atoms with Crippen LogP contribution in [0.25, 0.3) is 16.7 Å². The average molecular weight is 439 g/mol. The van der Waals surface area contributed by atoms with Gasteiger partial charge in [0, 0.05) is 10.9 Å². The molecule has 2 aromatic carbocycles. The maximum atomic E-state index is 13.0. The van der Waals surface area contributed by atoms with Crippen molar-refractivity contribution in [2.45, 2.75) is 18.7 Å². The van der Waals surface area contributed by atoms with Crippen molar-refractivity contribution in [1.82, 2.24) is 14.8 Å². The number of sulfonamides is 1. The first-order valence-corrected chi connectivity index (χ1v) is 11.0. The van der Waals surface area contributed by atoms with Gasteiger partial charge >= 0.3 is 0 Å². The second kappa shape index (κ2) is 7.92. The summed E-state index contributed by atoms with van der Waals surface area (Å²) in [6.07, 6.45) is 0. The summed E-state index contributed by atoms with van der Waals surface area (Å²) in [5.41, 5.74) is 2.11. The lowest BCUT2D eigenvalue weighted by Crippen LogP contribution is -2.17. The van der Waals surface area contributed by atoms with Crippen LogP contribution in [0.1, 0.15) is 11.3 Å². The van der Waals surface area contributed by atoms with E-state index in [0.717, 1.165) is 16.5 Å². The Morgan fingerprint density at radius 3 is 2.23 bits per heavy atom. The molecule has 0 spiro atoms. The van der Waals surface area contributed by atoms with Gasteiger partial charge in [0.15, 0.2) is 23.1 Å². The number of nitrogens with one attached hydrogen (secondary N) is 1. The van der Waals surface area contributed by atoms with Crippen LogP contribution in [0.4, 0.5) is 5.82 Å². The number of ether oxygens (including phenoxy) is 2. The number of fused-ring (bicyclic) bond motifs is 1. The molecule has 0 aliphatic carbocycles. The highest BCUT2D eigenvalue weighted by Crippen LogP contribution is 2.37. The lowest BCUT2D eigenvalue weighted by Gasteiger charge is -2.16. The highest BCUT2D eigenvalue weighted by molar-refractivity contribution is 7.92. The molecule has 2 heterocycles. The molecular formula is C22H22N4O4S. The van der Waals surface area contributed by atoms with Crippen LogP contribution >= 0.6 is 0 Å². The van der Waals surface area contributed by atoms with Crippen molar-refractivity contribution in [3.05, 3.63) is 65.9 Å². The fourth-order valence-electron chi connectivity index (χ4n) is 3.52. The average Bonchev–Trinajstić information content (AvgIpc) is 3.08. The van der Waals surface area contributed by atoms with E-state index in [2.05, 4.69) is 9.82 Å². The summed E-state index contributed by atoms with van der Waals surface area (Å²) >= 11 is 0. The van der Waals surface area contributed by atoms with Crippen molar-refractivity contribution in [2.24, 2.45) is 0 Å². The van der Waals surface area contributed by atoms with Gasteiger partial charge in [-0.25, -0.2) is 13.4 Å². The Bertz CT molecular complexity index is 1370. The molecule has 0 saturated carbocycles. The summed E-state index contributed by atoms with van der Waals surface area (Å²) in [5, 5.41) is 5.44. The van der Waals surface area contributed by atoms with Crippen LogP contribution in [0.3, 0.4) is 0 Å². The van der Waals surface area contributed by atoms with E-state index in [-0.39, 0.29) is 10.7 Å². The lowest BCUT2D eigenvalue weighted by molar-refractivity contribution is 0.407. The first kappa shape index (κ1) is 20.7. The molecule has 1 N–H and O–H groups in total. The van der Waals surface area contributed by atoms with E-state index in [1.54, 1.807) is 32.2 Å². The van der Waals surface area contributed by atoms with Gasteiger partial charge in [0.2, 0.25) is 0 Å². The number of anilines is 1. The second-order valence-electron chi connectivity index (χ2n) is 6.91. The Kier molecular flexibility index (Phi) is 5.28. The Labute approximate surface area is 180 Å². The molecule has 4 rings (SSSR count). The molecular weight excluding hydrogens is 416 g/mol. The zero-order valence-electron chi connectivity index (χ0n) is 17.6. The van der Waals surface area contributed by atoms with Crippen molar-refractivity contribution in [2.75, 3.05) is 18.9 Å². The Morgan fingerprint density at radius 1 is 0.903 bits per heavy atom. The van der Waals surface area contributed by atoms with Gasteiger partial charge in [-0.3, -0.25) is 4.72 Å². The van der Waals surface area contributed by atoms with Gasteiger partial charge in [0.1, 0.15) is 5.69 Å². The van der Waals surface area contributed by atoms with Crippen LogP contribution in [0.2, 0.25) is 0 Å². The van der Waals surface area contributed by atoms with E-state index < -0.39 is 10.0 Å². The summed E-state index contributed by atoms with van der Waals surface area (Å²) in [6, 6.07) is 15.8. The normalized spacial score (nSPS) is 11.5. The molecule has 8 nitrogen and oxygen atoms in total. The summed E-state index contributed by atoms with van der Waals surface area (Å²) < 4.78 is 41.2. The largest absolute Gasteiger partial charge is 0.492 e. The van der Waals surface area contributed by atoms with Crippen molar-refractivity contribution in [3.8, 4) is 17.3 Å². The summed E-state index contributed by atoms with van der Waals surface area (Å²) in [7, 11) is -0.886. The number of aromatic nitrogens is 3. The summed E-state index contributed by atoms with van der Waals surface area (Å²) in [4.78, 5) is 4.84. The molecule has 0 radical (unpaired) electrons. The molecule has 160 valence electrons. The fourth-order valence-corrected chi connectivity index (χ4v) is 4.58. The molecule has 0 bridgehead atoms. The lowest BCUT2D eigenvalue weighted by atomic mass is 10.1. The number of para-hydroxylation sites is 1. The Morgan fingerprint density at radius 2 is 1.55 bits per heavy atom. The van der Waals surface area contributed by atoms with Gasteiger partial charge in [-0.2, -0.15) is 9.78 Å². The third kappa shape index (κ3) is 3.57. The predicted octanol–water partition coefficient (Wildman–Crippen LogP) is 3.86. The van der Waals surface area contributed by atoms with E-state index in [0.29, 0.717) is 23.0 Å². The van der Waals surface area contributed by atoms with Crippen LogP contribution in [-0.2, 0) is 10.0 Å². The highest BCUT2D eigenvalue weighted by atomic mass is 32.2.